The summed E-state index contributed by atoms with van der Waals surface area (Å²) in [5.74, 6) is 0.700. The molecule has 0 spiro atoms. The third kappa shape index (κ3) is 3.89. The molecule has 6 heteroatoms. The lowest BCUT2D eigenvalue weighted by Crippen LogP contribution is -2.10. The lowest BCUT2D eigenvalue weighted by molar-refractivity contribution is 0.0731. The Morgan fingerprint density at radius 2 is 1.73 bits per heavy atom. The van der Waals surface area contributed by atoms with Gasteiger partial charge in [-0.3, -0.25) is 4.79 Å². The molecule has 1 heterocycles. The van der Waals surface area contributed by atoms with E-state index in [2.05, 4.69) is 0 Å². The molecule has 0 fully saturated rings. The number of rotatable bonds is 5. The quantitative estimate of drug-likeness (QED) is 0.341. The summed E-state index contributed by atoms with van der Waals surface area (Å²) in [6, 6.07) is 18.7. The molecule has 3 aromatic carbocycles. The highest BCUT2D eigenvalue weighted by molar-refractivity contribution is 5.94. The second kappa shape index (κ2) is 8.13. The van der Waals surface area contributed by atoms with Crippen LogP contribution in [0.5, 0.6) is 23.0 Å². The molecule has 0 aliphatic carbocycles. The number of benzene rings is 3. The Kier molecular flexibility index (Phi) is 5.22. The Bertz CT molecular complexity index is 1290. The molecule has 0 radical (unpaired) electrons. The van der Waals surface area contributed by atoms with E-state index >= 15 is 0 Å². The van der Waals surface area contributed by atoms with Crippen LogP contribution in [0.15, 0.2) is 82.2 Å². The highest BCUT2D eigenvalue weighted by Gasteiger charge is 2.16. The summed E-state index contributed by atoms with van der Waals surface area (Å²) in [4.78, 5) is 25.2. The second-order valence-electron chi connectivity index (χ2n) is 6.60. The predicted molar refractivity (Wildman–Crippen MR) is 112 cm³/mol. The van der Waals surface area contributed by atoms with Crippen molar-refractivity contribution in [1.82, 2.24) is 0 Å². The molecule has 4 rings (SSSR count). The number of methoxy groups -OCH3 is 1. The van der Waals surface area contributed by atoms with Gasteiger partial charge in [-0.05, 0) is 48.9 Å². The van der Waals surface area contributed by atoms with Crippen molar-refractivity contribution in [3.8, 4) is 23.0 Å². The van der Waals surface area contributed by atoms with Gasteiger partial charge < -0.3 is 18.6 Å². The Morgan fingerprint density at radius 3 is 2.53 bits per heavy atom. The second-order valence-corrected chi connectivity index (χ2v) is 6.60. The molecule has 6 nitrogen and oxygen atoms in total. The summed E-state index contributed by atoms with van der Waals surface area (Å²) in [7, 11) is 1.48. The van der Waals surface area contributed by atoms with Crippen LogP contribution in [-0.4, -0.2) is 13.1 Å². The van der Waals surface area contributed by atoms with Gasteiger partial charge in [0.25, 0.3) is 0 Å². The summed E-state index contributed by atoms with van der Waals surface area (Å²) in [5, 5.41) is 0.317. The van der Waals surface area contributed by atoms with E-state index in [1.807, 2.05) is 25.1 Å². The van der Waals surface area contributed by atoms with Gasteiger partial charge in [0.2, 0.25) is 11.2 Å². The zero-order valence-electron chi connectivity index (χ0n) is 16.4. The lowest BCUT2D eigenvalue weighted by atomic mass is 10.2. The molecular formula is C24H18O6. The third-order valence-electron chi connectivity index (χ3n) is 4.47. The molecule has 0 atom stereocenters. The van der Waals surface area contributed by atoms with Crippen molar-refractivity contribution in [2.45, 2.75) is 6.92 Å². The molecule has 0 saturated carbocycles. The van der Waals surface area contributed by atoms with Crippen LogP contribution >= 0.6 is 0 Å². The summed E-state index contributed by atoms with van der Waals surface area (Å²) < 4.78 is 21.8. The fourth-order valence-corrected chi connectivity index (χ4v) is 3.01. The number of esters is 1. The monoisotopic (exact) mass is 402 g/mol. The molecule has 150 valence electrons. The molecule has 0 N–H and O–H groups in total. The van der Waals surface area contributed by atoms with Gasteiger partial charge in [-0.25, -0.2) is 4.79 Å². The topological polar surface area (TPSA) is 75.0 Å². The van der Waals surface area contributed by atoms with Crippen molar-refractivity contribution in [2.24, 2.45) is 0 Å². The molecule has 0 bridgehead atoms. The fraction of sp³-hybridized carbons (Fsp3) is 0.0833. The van der Waals surface area contributed by atoms with E-state index in [9.17, 15) is 9.59 Å². The van der Waals surface area contributed by atoms with Gasteiger partial charge in [0.15, 0.2) is 0 Å². The smallest absolute Gasteiger partial charge is 0.347 e. The highest BCUT2D eigenvalue weighted by Crippen LogP contribution is 2.26. The Hall–Kier alpha value is -4.06. The van der Waals surface area contributed by atoms with E-state index in [1.165, 1.54) is 31.6 Å². The maximum absolute atomic E-state index is 12.7. The van der Waals surface area contributed by atoms with Crippen LogP contribution in [0.1, 0.15) is 15.9 Å². The van der Waals surface area contributed by atoms with Crippen molar-refractivity contribution in [2.75, 3.05) is 7.11 Å². The van der Waals surface area contributed by atoms with Gasteiger partial charge >= 0.3 is 5.97 Å². The lowest BCUT2D eigenvalue weighted by Gasteiger charge is -2.09. The minimum Gasteiger partial charge on any atom is -0.496 e. The molecule has 0 aliphatic heterocycles. The molecule has 0 saturated heterocycles. The van der Waals surface area contributed by atoms with Crippen LogP contribution in [0.2, 0.25) is 0 Å². The highest BCUT2D eigenvalue weighted by atomic mass is 16.5. The normalized spacial score (nSPS) is 10.6. The number of aryl methyl sites for hydroxylation is 1. The van der Waals surface area contributed by atoms with Crippen molar-refractivity contribution in [3.63, 3.8) is 0 Å². The minimum absolute atomic E-state index is 0.0758. The maximum atomic E-state index is 12.7. The molecule has 4 aromatic rings. The van der Waals surface area contributed by atoms with E-state index in [0.717, 1.165) is 5.56 Å². The first-order valence-corrected chi connectivity index (χ1v) is 9.20. The first-order valence-electron chi connectivity index (χ1n) is 9.20. The molecule has 1 aromatic heterocycles. The van der Waals surface area contributed by atoms with Crippen molar-refractivity contribution in [1.29, 1.82) is 0 Å². The zero-order valence-corrected chi connectivity index (χ0v) is 16.4. The number of carbonyl (C=O) groups is 1. The molecule has 0 unspecified atom stereocenters. The first-order chi connectivity index (χ1) is 14.5. The zero-order chi connectivity index (χ0) is 21.1. The minimum atomic E-state index is -0.575. The van der Waals surface area contributed by atoms with Gasteiger partial charge in [0.05, 0.1) is 12.5 Å². The summed E-state index contributed by atoms with van der Waals surface area (Å²) >= 11 is 0. The van der Waals surface area contributed by atoms with Gasteiger partial charge in [0.1, 0.15) is 34.7 Å². The molecule has 30 heavy (non-hydrogen) atoms. The average Bonchev–Trinajstić information content (AvgIpc) is 2.75. The average molecular weight is 402 g/mol. The maximum Gasteiger partial charge on any atom is 0.347 e. The number of hydrogen-bond donors (Lipinski definition) is 0. The van der Waals surface area contributed by atoms with Crippen molar-refractivity contribution >= 4 is 16.9 Å². The number of carbonyl (C=O) groups excluding carboxylic acids is 1. The SMILES string of the molecule is COc1ccccc1C(=O)Oc1ccc2c(=O)c(Oc3cccc(C)c3)coc2c1. The Balaban J connectivity index is 1.61. The largest absolute Gasteiger partial charge is 0.496 e. The van der Waals surface area contributed by atoms with Crippen LogP contribution in [-0.2, 0) is 0 Å². The van der Waals surface area contributed by atoms with Gasteiger partial charge in [0, 0.05) is 6.07 Å². The predicted octanol–water partition coefficient (Wildman–Crippen LogP) is 5.12. The summed E-state index contributed by atoms with van der Waals surface area (Å²) in [6.07, 6.45) is 1.25. The van der Waals surface area contributed by atoms with Gasteiger partial charge in [-0.15, -0.1) is 0 Å². The van der Waals surface area contributed by atoms with Crippen LogP contribution in [0.25, 0.3) is 11.0 Å². The number of hydrogen-bond acceptors (Lipinski definition) is 6. The fourth-order valence-electron chi connectivity index (χ4n) is 3.01. The summed E-state index contributed by atoms with van der Waals surface area (Å²) in [5.41, 5.74) is 1.27. The number of ether oxygens (including phenoxy) is 3. The van der Waals surface area contributed by atoms with E-state index in [1.54, 1.807) is 30.3 Å². The van der Waals surface area contributed by atoms with E-state index in [-0.39, 0.29) is 22.5 Å². The molecule has 0 amide bonds. The number of fused-ring (bicyclic) bond motifs is 1. The number of para-hydroxylation sites is 1. The van der Waals surface area contributed by atoms with Crippen LogP contribution in [0.3, 0.4) is 0 Å². The van der Waals surface area contributed by atoms with Crippen LogP contribution in [0.4, 0.5) is 0 Å². The standard InChI is InChI=1S/C24H18O6/c1-15-6-5-7-16(12-15)29-22-14-28-21-13-17(10-11-18(21)23(22)25)30-24(26)19-8-3-4-9-20(19)27-2/h3-14H,1-2H3. The summed E-state index contributed by atoms with van der Waals surface area (Å²) in [6.45, 7) is 1.93. The first kappa shape index (κ1) is 19.3. The van der Waals surface area contributed by atoms with E-state index in [4.69, 9.17) is 18.6 Å². The van der Waals surface area contributed by atoms with Gasteiger partial charge in [-0.1, -0.05) is 24.3 Å². The van der Waals surface area contributed by atoms with Crippen molar-refractivity contribution in [3.05, 3.63) is 94.3 Å². The van der Waals surface area contributed by atoms with E-state index < -0.39 is 5.97 Å². The van der Waals surface area contributed by atoms with Crippen LogP contribution in [0, 0.1) is 6.92 Å². The van der Waals surface area contributed by atoms with Crippen molar-refractivity contribution < 1.29 is 23.4 Å². The third-order valence-corrected chi connectivity index (χ3v) is 4.47. The Morgan fingerprint density at radius 1 is 0.900 bits per heavy atom. The van der Waals surface area contributed by atoms with Gasteiger partial charge in [-0.2, -0.15) is 0 Å². The van der Waals surface area contributed by atoms with Crippen LogP contribution < -0.4 is 19.6 Å². The molecular weight excluding hydrogens is 384 g/mol. The Labute approximate surface area is 172 Å². The van der Waals surface area contributed by atoms with E-state index in [0.29, 0.717) is 22.4 Å². The molecule has 0 aliphatic rings.